The molecule has 74 valence electrons. The molecule has 0 radical (unpaired) electrons. The highest BCUT2D eigenvalue weighted by Gasteiger charge is 2.08. The first kappa shape index (κ1) is 10.3. The largest absolute Gasteiger partial charge is 0.326 e. The van der Waals surface area contributed by atoms with Crippen molar-refractivity contribution in [2.24, 2.45) is 5.73 Å². The lowest BCUT2D eigenvalue weighted by atomic mass is 10.4. The molecule has 5 heteroatoms. The summed E-state index contributed by atoms with van der Waals surface area (Å²) in [5.41, 5.74) is 5.54. The first-order valence-electron chi connectivity index (χ1n) is 4.12. The van der Waals surface area contributed by atoms with Crippen LogP contribution in [0.2, 0.25) is 0 Å². The molecule has 0 aromatic carbocycles. The Morgan fingerprint density at radius 2 is 2.29 bits per heavy atom. The minimum Gasteiger partial charge on any atom is -0.326 e. The number of rotatable bonds is 2. The molecule has 0 amide bonds. The van der Waals surface area contributed by atoms with Gasteiger partial charge < -0.3 is 5.73 Å². The molecule has 2 nitrogen and oxygen atoms in total. The average Bonchev–Trinajstić information content (AvgIpc) is 2.74. The summed E-state index contributed by atoms with van der Waals surface area (Å²) in [4.78, 5) is 7.96. The standard InChI is InChI=1S/C9H9BrN2S2/c1-5-7(10)2-8(13-5)9-12-4-6(3-11)14-9/h2,4H,3,11H2,1H3. The molecule has 0 aliphatic rings. The van der Waals surface area contributed by atoms with Crippen molar-refractivity contribution in [3.63, 3.8) is 0 Å². The molecule has 0 aliphatic carbocycles. The van der Waals surface area contributed by atoms with Gasteiger partial charge in [0, 0.05) is 27.0 Å². The molecule has 0 saturated heterocycles. The van der Waals surface area contributed by atoms with Gasteiger partial charge >= 0.3 is 0 Å². The number of aryl methyl sites for hydroxylation is 1. The smallest absolute Gasteiger partial charge is 0.133 e. The van der Waals surface area contributed by atoms with Crippen LogP contribution in [0.25, 0.3) is 9.88 Å². The summed E-state index contributed by atoms with van der Waals surface area (Å²) in [5, 5.41) is 1.06. The lowest BCUT2D eigenvalue weighted by molar-refractivity contribution is 1.10. The van der Waals surface area contributed by atoms with Crippen molar-refractivity contribution in [1.82, 2.24) is 4.98 Å². The summed E-state index contributed by atoms with van der Waals surface area (Å²) < 4.78 is 1.15. The van der Waals surface area contributed by atoms with Crippen LogP contribution in [-0.4, -0.2) is 4.98 Å². The van der Waals surface area contributed by atoms with E-state index in [1.807, 2.05) is 6.20 Å². The van der Waals surface area contributed by atoms with E-state index in [9.17, 15) is 0 Å². The van der Waals surface area contributed by atoms with Gasteiger partial charge in [-0.1, -0.05) is 0 Å². The number of nitrogens with zero attached hydrogens (tertiary/aromatic N) is 1. The molecule has 14 heavy (non-hydrogen) atoms. The second-order valence-electron chi connectivity index (χ2n) is 2.85. The topological polar surface area (TPSA) is 38.9 Å². The predicted octanol–water partition coefficient (Wildman–Crippen LogP) is 3.40. The van der Waals surface area contributed by atoms with Gasteiger partial charge in [-0.2, -0.15) is 0 Å². The van der Waals surface area contributed by atoms with Crippen LogP contribution < -0.4 is 5.73 Å². The Labute approximate surface area is 98.9 Å². The van der Waals surface area contributed by atoms with E-state index in [1.54, 1.807) is 22.7 Å². The Bertz CT molecular complexity index is 428. The monoisotopic (exact) mass is 288 g/mol. The van der Waals surface area contributed by atoms with Crippen LogP contribution in [0.1, 0.15) is 9.75 Å². The van der Waals surface area contributed by atoms with Gasteiger partial charge in [0.05, 0.1) is 4.88 Å². The summed E-state index contributed by atoms with van der Waals surface area (Å²) in [6, 6.07) is 2.11. The zero-order valence-corrected chi connectivity index (χ0v) is 10.8. The molecule has 2 aromatic rings. The first-order valence-corrected chi connectivity index (χ1v) is 6.54. The molecule has 0 spiro atoms. The van der Waals surface area contributed by atoms with Gasteiger partial charge in [0.15, 0.2) is 0 Å². The Morgan fingerprint density at radius 1 is 1.50 bits per heavy atom. The summed E-state index contributed by atoms with van der Waals surface area (Å²) in [6.45, 7) is 2.67. The van der Waals surface area contributed by atoms with Crippen LogP contribution in [0.5, 0.6) is 0 Å². The van der Waals surface area contributed by atoms with E-state index in [0.717, 1.165) is 14.4 Å². The highest BCUT2D eigenvalue weighted by molar-refractivity contribution is 9.10. The van der Waals surface area contributed by atoms with Crippen LogP contribution >= 0.6 is 38.6 Å². The maximum absolute atomic E-state index is 5.54. The van der Waals surface area contributed by atoms with Crippen molar-refractivity contribution >= 4 is 38.6 Å². The summed E-state index contributed by atoms with van der Waals surface area (Å²) >= 11 is 6.91. The van der Waals surface area contributed by atoms with E-state index < -0.39 is 0 Å². The van der Waals surface area contributed by atoms with E-state index >= 15 is 0 Å². The number of thiazole rings is 1. The van der Waals surface area contributed by atoms with E-state index in [4.69, 9.17) is 5.73 Å². The van der Waals surface area contributed by atoms with E-state index in [0.29, 0.717) is 6.54 Å². The van der Waals surface area contributed by atoms with Crippen LogP contribution in [0.3, 0.4) is 0 Å². The minimum absolute atomic E-state index is 0.573. The molecular weight excluding hydrogens is 280 g/mol. The number of halogens is 1. The van der Waals surface area contributed by atoms with Gasteiger partial charge in [-0.3, -0.25) is 0 Å². The van der Waals surface area contributed by atoms with Crippen LogP contribution in [0.15, 0.2) is 16.7 Å². The van der Waals surface area contributed by atoms with E-state index in [-0.39, 0.29) is 0 Å². The van der Waals surface area contributed by atoms with Crippen LogP contribution in [0.4, 0.5) is 0 Å². The first-order chi connectivity index (χ1) is 6.70. The second kappa shape index (κ2) is 4.10. The lowest BCUT2D eigenvalue weighted by Crippen LogP contribution is -1.91. The number of thiophene rings is 1. The van der Waals surface area contributed by atoms with Gasteiger partial charge in [0.25, 0.3) is 0 Å². The highest BCUT2D eigenvalue weighted by Crippen LogP contribution is 2.35. The van der Waals surface area contributed by atoms with Crippen molar-refractivity contribution in [2.75, 3.05) is 0 Å². The molecule has 0 aliphatic heterocycles. The Hall–Kier alpha value is -0.230. The molecule has 2 aromatic heterocycles. The van der Waals surface area contributed by atoms with Crippen LogP contribution in [0, 0.1) is 6.92 Å². The third-order valence-electron chi connectivity index (χ3n) is 1.82. The maximum atomic E-state index is 5.54. The highest BCUT2D eigenvalue weighted by atomic mass is 79.9. The van der Waals surface area contributed by atoms with Gasteiger partial charge in [0.2, 0.25) is 0 Å². The fourth-order valence-electron chi connectivity index (χ4n) is 1.08. The third-order valence-corrected chi connectivity index (χ3v) is 5.15. The molecule has 0 unspecified atom stereocenters. The zero-order valence-electron chi connectivity index (χ0n) is 7.58. The molecule has 0 atom stereocenters. The molecule has 0 saturated carbocycles. The molecule has 2 N–H and O–H groups in total. The molecule has 0 bridgehead atoms. The molecule has 2 rings (SSSR count). The third kappa shape index (κ3) is 1.91. The van der Waals surface area contributed by atoms with Gasteiger partial charge in [-0.25, -0.2) is 4.98 Å². The number of aromatic nitrogens is 1. The van der Waals surface area contributed by atoms with Gasteiger partial charge in [0.1, 0.15) is 5.01 Å². The Kier molecular flexibility index (Phi) is 3.02. The molecule has 2 heterocycles. The lowest BCUT2D eigenvalue weighted by Gasteiger charge is -1.86. The molecular formula is C9H9BrN2S2. The van der Waals surface area contributed by atoms with Crippen molar-refractivity contribution in [3.8, 4) is 9.88 Å². The number of nitrogens with two attached hydrogens (primary N) is 1. The summed E-state index contributed by atoms with van der Waals surface area (Å²) in [7, 11) is 0. The van der Waals surface area contributed by atoms with Gasteiger partial charge in [-0.05, 0) is 28.9 Å². The van der Waals surface area contributed by atoms with E-state index in [2.05, 4.69) is 33.9 Å². The summed E-state index contributed by atoms with van der Waals surface area (Å²) in [6.07, 6.45) is 1.85. The van der Waals surface area contributed by atoms with Gasteiger partial charge in [-0.15, -0.1) is 22.7 Å². The fraction of sp³-hybridized carbons (Fsp3) is 0.222. The zero-order chi connectivity index (χ0) is 10.1. The summed E-state index contributed by atoms with van der Waals surface area (Å²) in [5.74, 6) is 0. The normalized spacial score (nSPS) is 10.8. The van der Waals surface area contributed by atoms with Crippen molar-refractivity contribution < 1.29 is 0 Å². The van der Waals surface area contributed by atoms with Crippen molar-refractivity contribution in [3.05, 3.63) is 26.5 Å². The van der Waals surface area contributed by atoms with Crippen LogP contribution in [-0.2, 0) is 6.54 Å². The minimum atomic E-state index is 0.573. The molecule has 0 fully saturated rings. The SMILES string of the molecule is Cc1sc(-c2ncc(CN)s2)cc1Br. The van der Waals surface area contributed by atoms with E-state index in [1.165, 1.54) is 9.75 Å². The maximum Gasteiger partial charge on any atom is 0.133 e. The second-order valence-corrected chi connectivity index (χ2v) is 6.08. The quantitative estimate of drug-likeness (QED) is 0.920. The fourth-order valence-corrected chi connectivity index (χ4v) is 3.46. The number of hydrogen-bond donors (Lipinski definition) is 1. The Morgan fingerprint density at radius 3 is 2.79 bits per heavy atom. The number of hydrogen-bond acceptors (Lipinski definition) is 4. The average molecular weight is 289 g/mol. The predicted molar refractivity (Wildman–Crippen MR) is 65.8 cm³/mol. The Balaban J connectivity index is 2.39. The van der Waals surface area contributed by atoms with Crippen molar-refractivity contribution in [2.45, 2.75) is 13.5 Å². The van der Waals surface area contributed by atoms with Crippen molar-refractivity contribution in [1.29, 1.82) is 0 Å².